The molecule has 1 aliphatic heterocycles. The van der Waals surface area contributed by atoms with Crippen molar-refractivity contribution in [3.05, 3.63) is 71.2 Å². The molecule has 3 aromatic rings. The van der Waals surface area contributed by atoms with E-state index in [-0.39, 0.29) is 5.91 Å². The largest absolute Gasteiger partial charge is 0.497 e. The van der Waals surface area contributed by atoms with Gasteiger partial charge in [0, 0.05) is 37.9 Å². The SMILES string of the molecule is COc1ccc(Cn2ccnc2C2CCN(C(=O)c3cc(C)c(C)o3)CC2)cc1. The van der Waals surface area contributed by atoms with Crippen molar-refractivity contribution >= 4 is 5.91 Å². The Morgan fingerprint density at radius 3 is 2.55 bits per heavy atom. The van der Waals surface area contributed by atoms with Crippen LogP contribution in [0.4, 0.5) is 0 Å². The number of likely N-dealkylation sites (tertiary alicyclic amines) is 1. The molecule has 0 bridgehead atoms. The second-order valence-corrected chi connectivity index (χ2v) is 7.68. The van der Waals surface area contributed by atoms with Crippen molar-refractivity contribution in [2.24, 2.45) is 0 Å². The number of methoxy groups -OCH3 is 1. The first kappa shape index (κ1) is 19.3. The van der Waals surface area contributed by atoms with Crippen LogP contribution >= 0.6 is 0 Å². The number of nitrogens with zero attached hydrogens (tertiary/aromatic N) is 3. The van der Waals surface area contributed by atoms with E-state index in [0.29, 0.717) is 11.7 Å². The molecule has 1 aromatic carbocycles. The lowest BCUT2D eigenvalue weighted by Gasteiger charge is -2.31. The topological polar surface area (TPSA) is 60.5 Å². The second-order valence-electron chi connectivity index (χ2n) is 7.68. The molecule has 6 heteroatoms. The van der Waals surface area contributed by atoms with E-state index in [4.69, 9.17) is 9.15 Å². The highest BCUT2D eigenvalue weighted by Gasteiger charge is 2.28. The zero-order chi connectivity index (χ0) is 20.4. The van der Waals surface area contributed by atoms with Gasteiger partial charge in [-0.3, -0.25) is 4.79 Å². The summed E-state index contributed by atoms with van der Waals surface area (Å²) in [6.07, 6.45) is 5.71. The molecule has 0 aliphatic carbocycles. The minimum absolute atomic E-state index is 0.0128. The van der Waals surface area contributed by atoms with E-state index in [1.165, 1.54) is 5.56 Å². The summed E-state index contributed by atoms with van der Waals surface area (Å²) < 4.78 is 13.1. The molecule has 3 heterocycles. The van der Waals surface area contributed by atoms with Crippen LogP contribution in [0.3, 0.4) is 0 Å². The predicted octanol–water partition coefficient (Wildman–Crippen LogP) is 4.17. The van der Waals surface area contributed by atoms with Crippen LogP contribution in [-0.4, -0.2) is 40.6 Å². The number of rotatable bonds is 5. The number of aryl methyl sites for hydroxylation is 2. The van der Waals surface area contributed by atoms with Crippen molar-refractivity contribution in [1.29, 1.82) is 0 Å². The number of carbonyl (C=O) groups excluding carboxylic acids is 1. The molecule has 1 saturated heterocycles. The van der Waals surface area contributed by atoms with Gasteiger partial charge in [-0.1, -0.05) is 12.1 Å². The summed E-state index contributed by atoms with van der Waals surface area (Å²) in [6, 6.07) is 9.96. The van der Waals surface area contributed by atoms with Gasteiger partial charge >= 0.3 is 0 Å². The Morgan fingerprint density at radius 2 is 1.93 bits per heavy atom. The summed E-state index contributed by atoms with van der Waals surface area (Å²) in [5.74, 6) is 3.55. The Balaban J connectivity index is 1.40. The van der Waals surface area contributed by atoms with Gasteiger partial charge in [-0.25, -0.2) is 4.98 Å². The number of piperidine rings is 1. The van der Waals surface area contributed by atoms with Gasteiger partial charge in [0.25, 0.3) is 5.91 Å². The second kappa shape index (κ2) is 8.15. The summed E-state index contributed by atoms with van der Waals surface area (Å²) in [4.78, 5) is 19.2. The Labute approximate surface area is 171 Å². The summed E-state index contributed by atoms with van der Waals surface area (Å²) in [7, 11) is 1.67. The van der Waals surface area contributed by atoms with Gasteiger partial charge in [0.1, 0.15) is 17.3 Å². The van der Waals surface area contributed by atoms with E-state index in [2.05, 4.69) is 21.7 Å². The van der Waals surface area contributed by atoms with Crippen molar-refractivity contribution in [2.45, 2.75) is 39.2 Å². The van der Waals surface area contributed by atoms with E-state index in [1.807, 2.05) is 49.3 Å². The molecule has 152 valence electrons. The number of carbonyl (C=O) groups is 1. The molecule has 0 saturated carbocycles. The summed E-state index contributed by atoms with van der Waals surface area (Å²) in [5, 5.41) is 0. The smallest absolute Gasteiger partial charge is 0.289 e. The molecule has 1 fully saturated rings. The summed E-state index contributed by atoms with van der Waals surface area (Å²) in [5.41, 5.74) is 2.23. The van der Waals surface area contributed by atoms with Crippen LogP contribution < -0.4 is 4.74 Å². The third-order valence-corrected chi connectivity index (χ3v) is 5.78. The van der Waals surface area contributed by atoms with Crippen LogP contribution in [0.15, 0.2) is 47.1 Å². The zero-order valence-corrected chi connectivity index (χ0v) is 17.2. The average molecular weight is 393 g/mol. The molecule has 1 amide bonds. The molecule has 0 atom stereocenters. The molecule has 1 aliphatic rings. The van der Waals surface area contributed by atoms with Gasteiger partial charge in [0.15, 0.2) is 5.76 Å². The highest BCUT2D eigenvalue weighted by molar-refractivity contribution is 5.91. The van der Waals surface area contributed by atoms with Crippen molar-refractivity contribution in [3.63, 3.8) is 0 Å². The third-order valence-electron chi connectivity index (χ3n) is 5.78. The molecule has 4 rings (SSSR count). The van der Waals surface area contributed by atoms with Gasteiger partial charge in [0.2, 0.25) is 0 Å². The first-order valence-electron chi connectivity index (χ1n) is 10.1. The fourth-order valence-corrected chi connectivity index (χ4v) is 3.92. The van der Waals surface area contributed by atoms with Crippen molar-refractivity contribution in [3.8, 4) is 5.75 Å². The number of aromatic nitrogens is 2. The monoisotopic (exact) mass is 393 g/mol. The minimum atomic E-state index is -0.0128. The van der Waals surface area contributed by atoms with E-state index in [1.54, 1.807) is 7.11 Å². The Hall–Kier alpha value is -3.02. The minimum Gasteiger partial charge on any atom is -0.497 e. The van der Waals surface area contributed by atoms with Crippen LogP contribution in [0.2, 0.25) is 0 Å². The molecule has 0 unspecified atom stereocenters. The lowest BCUT2D eigenvalue weighted by molar-refractivity contribution is 0.0677. The predicted molar refractivity (Wildman–Crippen MR) is 110 cm³/mol. The van der Waals surface area contributed by atoms with Crippen molar-refractivity contribution in [2.75, 3.05) is 20.2 Å². The Kier molecular flexibility index (Phi) is 5.43. The zero-order valence-electron chi connectivity index (χ0n) is 17.2. The fourth-order valence-electron chi connectivity index (χ4n) is 3.92. The Morgan fingerprint density at radius 1 is 1.21 bits per heavy atom. The maximum Gasteiger partial charge on any atom is 0.289 e. The number of ether oxygens (including phenoxy) is 1. The van der Waals surface area contributed by atoms with Crippen LogP contribution in [0, 0.1) is 13.8 Å². The maximum atomic E-state index is 12.7. The van der Waals surface area contributed by atoms with Gasteiger partial charge in [-0.15, -0.1) is 0 Å². The van der Waals surface area contributed by atoms with Gasteiger partial charge in [-0.05, 0) is 56.0 Å². The molecule has 6 nitrogen and oxygen atoms in total. The normalized spacial score (nSPS) is 14.9. The molecule has 2 aromatic heterocycles. The molecular weight excluding hydrogens is 366 g/mol. The molecule has 0 N–H and O–H groups in total. The first-order chi connectivity index (χ1) is 14.0. The quantitative estimate of drug-likeness (QED) is 0.653. The Bertz CT molecular complexity index is 960. The number of amides is 1. The number of hydrogen-bond donors (Lipinski definition) is 0. The number of furan rings is 1. The maximum absolute atomic E-state index is 12.7. The number of imidazole rings is 1. The van der Waals surface area contributed by atoms with Crippen LogP contribution in [0.5, 0.6) is 5.75 Å². The van der Waals surface area contributed by atoms with E-state index in [0.717, 1.165) is 55.4 Å². The average Bonchev–Trinajstić information content (AvgIpc) is 3.34. The van der Waals surface area contributed by atoms with E-state index < -0.39 is 0 Å². The van der Waals surface area contributed by atoms with Crippen LogP contribution in [0.1, 0.15) is 52.0 Å². The number of hydrogen-bond acceptors (Lipinski definition) is 4. The van der Waals surface area contributed by atoms with Gasteiger partial charge < -0.3 is 18.6 Å². The molecule has 0 spiro atoms. The lowest BCUT2D eigenvalue weighted by Crippen LogP contribution is -2.38. The lowest BCUT2D eigenvalue weighted by atomic mass is 9.95. The third kappa shape index (κ3) is 4.06. The van der Waals surface area contributed by atoms with Gasteiger partial charge in [0.05, 0.1) is 7.11 Å². The van der Waals surface area contributed by atoms with Gasteiger partial charge in [-0.2, -0.15) is 0 Å². The molecule has 0 radical (unpaired) electrons. The van der Waals surface area contributed by atoms with E-state index in [9.17, 15) is 4.79 Å². The fraction of sp³-hybridized carbons (Fsp3) is 0.391. The summed E-state index contributed by atoms with van der Waals surface area (Å²) in [6.45, 7) is 6.07. The standard InChI is InChI=1S/C23H27N3O3/c1-16-14-21(29-17(16)2)23(27)25-11-8-19(9-12-25)22-24-10-13-26(22)15-18-4-6-20(28-3)7-5-18/h4-7,10,13-14,19H,8-9,11-12,15H2,1-3H3. The molecule has 29 heavy (non-hydrogen) atoms. The summed E-state index contributed by atoms with van der Waals surface area (Å²) >= 11 is 0. The number of benzene rings is 1. The highest BCUT2D eigenvalue weighted by Crippen LogP contribution is 2.28. The first-order valence-corrected chi connectivity index (χ1v) is 10.1. The molecular formula is C23H27N3O3. The highest BCUT2D eigenvalue weighted by atomic mass is 16.5. The van der Waals surface area contributed by atoms with Crippen molar-refractivity contribution in [1.82, 2.24) is 14.5 Å². The van der Waals surface area contributed by atoms with E-state index >= 15 is 0 Å². The van der Waals surface area contributed by atoms with Crippen LogP contribution in [-0.2, 0) is 6.54 Å². The van der Waals surface area contributed by atoms with Crippen LogP contribution in [0.25, 0.3) is 0 Å². The van der Waals surface area contributed by atoms with Crippen molar-refractivity contribution < 1.29 is 13.9 Å².